The van der Waals surface area contributed by atoms with Crippen LogP contribution in [-0.4, -0.2) is 30.3 Å². The molecule has 0 fully saturated rings. The lowest BCUT2D eigenvalue weighted by Crippen LogP contribution is -2.48. The number of ketones is 1. The predicted molar refractivity (Wildman–Crippen MR) is 66.1 cm³/mol. The number of carbonyl (C=O) groups is 1. The number of hydrogen-bond donors (Lipinski definition) is 0. The SMILES string of the molecule is CCCC(C)CC(=O)C(C)(CC)N(C)C. The summed E-state index contributed by atoms with van der Waals surface area (Å²) in [6.07, 6.45) is 3.92. The summed E-state index contributed by atoms with van der Waals surface area (Å²) < 4.78 is 0. The Labute approximate surface area is 95.0 Å². The van der Waals surface area contributed by atoms with Crippen LogP contribution in [0.15, 0.2) is 0 Å². The van der Waals surface area contributed by atoms with E-state index in [-0.39, 0.29) is 5.54 Å². The second kappa shape index (κ2) is 6.26. The van der Waals surface area contributed by atoms with Crippen LogP contribution in [0, 0.1) is 5.92 Å². The summed E-state index contributed by atoms with van der Waals surface area (Å²) in [5, 5.41) is 0. The van der Waals surface area contributed by atoms with Crippen molar-refractivity contribution in [2.24, 2.45) is 5.92 Å². The highest BCUT2D eigenvalue weighted by Gasteiger charge is 2.33. The minimum Gasteiger partial charge on any atom is -0.298 e. The first-order chi connectivity index (χ1) is 6.88. The lowest BCUT2D eigenvalue weighted by atomic mass is 9.85. The molecule has 0 heterocycles. The average molecular weight is 213 g/mol. The second-order valence-electron chi connectivity index (χ2n) is 5.04. The van der Waals surface area contributed by atoms with Crippen molar-refractivity contribution in [3.63, 3.8) is 0 Å². The summed E-state index contributed by atoms with van der Waals surface area (Å²) in [4.78, 5) is 14.2. The van der Waals surface area contributed by atoms with E-state index in [1.54, 1.807) is 0 Å². The van der Waals surface area contributed by atoms with Gasteiger partial charge in [-0.2, -0.15) is 0 Å². The Bertz CT molecular complexity index is 201. The van der Waals surface area contributed by atoms with Crippen LogP contribution >= 0.6 is 0 Å². The number of likely N-dealkylation sites (N-methyl/N-ethyl adjacent to an activating group) is 1. The normalized spacial score (nSPS) is 17.5. The van der Waals surface area contributed by atoms with Crippen LogP contribution in [0.2, 0.25) is 0 Å². The lowest BCUT2D eigenvalue weighted by Gasteiger charge is -2.34. The Hall–Kier alpha value is -0.370. The summed E-state index contributed by atoms with van der Waals surface area (Å²) in [5.41, 5.74) is -0.276. The highest BCUT2D eigenvalue weighted by molar-refractivity contribution is 5.88. The van der Waals surface area contributed by atoms with Crippen LogP contribution in [0.25, 0.3) is 0 Å². The van der Waals surface area contributed by atoms with Crippen molar-refractivity contribution < 1.29 is 4.79 Å². The molecule has 0 saturated carbocycles. The lowest BCUT2D eigenvalue weighted by molar-refractivity contribution is -0.130. The molecule has 0 aliphatic carbocycles. The topological polar surface area (TPSA) is 20.3 Å². The zero-order valence-corrected chi connectivity index (χ0v) is 11.3. The van der Waals surface area contributed by atoms with Crippen LogP contribution in [-0.2, 0) is 4.79 Å². The number of hydrogen-bond acceptors (Lipinski definition) is 2. The average Bonchev–Trinajstić information content (AvgIpc) is 2.16. The molecule has 2 atom stereocenters. The molecule has 0 amide bonds. The molecule has 0 saturated heterocycles. The molecule has 0 aliphatic rings. The van der Waals surface area contributed by atoms with Crippen LogP contribution in [0.3, 0.4) is 0 Å². The summed E-state index contributed by atoms with van der Waals surface area (Å²) in [6.45, 7) is 8.48. The van der Waals surface area contributed by atoms with Gasteiger partial charge in [-0.1, -0.05) is 33.6 Å². The summed E-state index contributed by atoms with van der Waals surface area (Å²) in [5.74, 6) is 0.907. The molecule has 0 aromatic heterocycles. The number of rotatable bonds is 7. The van der Waals surface area contributed by atoms with Gasteiger partial charge < -0.3 is 0 Å². The van der Waals surface area contributed by atoms with Crippen molar-refractivity contribution in [1.29, 1.82) is 0 Å². The molecule has 2 unspecified atom stereocenters. The van der Waals surface area contributed by atoms with E-state index in [2.05, 4.69) is 20.8 Å². The largest absolute Gasteiger partial charge is 0.298 e. The Balaban J connectivity index is 4.40. The van der Waals surface area contributed by atoms with Crippen molar-refractivity contribution in [2.75, 3.05) is 14.1 Å². The molecule has 0 bridgehead atoms. The number of nitrogens with zero attached hydrogens (tertiary/aromatic N) is 1. The Morgan fingerprint density at radius 2 is 1.87 bits per heavy atom. The molecule has 0 aliphatic heterocycles. The Kier molecular flexibility index (Phi) is 6.11. The predicted octanol–water partition coefficient (Wildman–Crippen LogP) is 3.11. The molecule has 0 spiro atoms. The van der Waals surface area contributed by atoms with E-state index < -0.39 is 0 Å². The smallest absolute Gasteiger partial charge is 0.153 e. The van der Waals surface area contributed by atoms with E-state index in [0.29, 0.717) is 11.7 Å². The van der Waals surface area contributed by atoms with E-state index in [1.807, 2.05) is 25.9 Å². The molecular weight excluding hydrogens is 186 g/mol. The standard InChI is InChI=1S/C13H27NO/c1-7-9-11(3)10-12(15)13(4,8-2)14(5)6/h11H,7-10H2,1-6H3. The van der Waals surface area contributed by atoms with Gasteiger partial charge in [0.1, 0.15) is 0 Å². The van der Waals surface area contributed by atoms with E-state index in [0.717, 1.165) is 19.3 Å². The molecule has 0 aromatic rings. The van der Waals surface area contributed by atoms with Crippen LogP contribution in [0.5, 0.6) is 0 Å². The Morgan fingerprint density at radius 3 is 2.20 bits per heavy atom. The van der Waals surface area contributed by atoms with Gasteiger partial charge in [-0.15, -0.1) is 0 Å². The van der Waals surface area contributed by atoms with Gasteiger partial charge in [0.25, 0.3) is 0 Å². The van der Waals surface area contributed by atoms with Gasteiger partial charge in [-0.25, -0.2) is 0 Å². The minimum atomic E-state index is -0.276. The zero-order chi connectivity index (χ0) is 12.1. The van der Waals surface area contributed by atoms with E-state index in [9.17, 15) is 4.79 Å². The van der Waals surface area contributed by atoms with E-state index >= 15 is 0 Å². The van der Waals surface area contributed by atoms with Gasteiger partial charge in [0.2, 0.25) is 0 Å². The van der Waals surface area contributed by atoms with Crippen LogP contribution < -0.4 is 0 Å². The third-order valence-corrected chi connectivity index (χ3v) is 3.59. The molecule has 2 nitrogen and oxygen atoms in total. The molecule has 2 heteroatoms. The molecule has 0 rings (SSSR count). The van der Waals surface area contributed by atoms with Crippen molar-refractivity contribution in [3.05, 3.63) is 0 Å². The molecule has 0 aromatic carbocycles. The summed E-state index contributed by atoms with van der Waals surface area (Å²) >= 11 is 0. The van der Waals surface area contributed by atoms with Gasteiger partial charge in [0, 0.05) is 6.42 Å². The zero-order valence-electron chi connectivity index (χ0n) is 11.3. The summed E-state index contributed by atoms with van der Waals surface area (Å²) in [7, 11) is 3.98. The maximum Gasteiger partial charge on any atom is 0.153 e. The molecule has 15 heavy (non-hydrogen) atoms. The number of carbonyl (C=O) groups excluding carboxylic acids is 1. The molecule has 0 N–H and O–H groups in total. The first-order valence-electron chi connectivity index (χ1n) is 6.09. The van der Waals surface area contributed by atoms with Crippen molar-refractivity contribution >= 4 is 5.78 Å². The van der Waals surface area contributed by atoms with Gasteiger partial charge in [0.05, 0.1) is 5.54 Å². The number of Topliss-reactive ketones (excluding diaryl/α,β-unsaturated/α-hetero) is 1. The van der Waals surface area contributed by atoms with Gasteiger partial charge in [-0.05, 0) is 33.4 Å². The maximum absolute atomic E-state index is 12.2. The highest BCUT2D eigenvalue weighted by Crippen LogP contribution is 2.22. The van der Waals surface area contributed by atoms with Crippen LogP contribution in [0.1, 0.15) is 53.4 Å². The first kappa shape index (κ1) is 14.6. The van der Waals surface area contributed by atoms with Crippen molar-refractivity contribution in [1.82, 2.24) is 4.90 Å². The van der Waals surface area contributed by atoms with Gasteiger partial charge in [-0.3, -0.25) is 9.69 Å². The Morgan fingerprint density at radius 1 is 1.33 bits per heavy atom. The quantitative estimate of drug-likeness (QED) is 0.647. The molecular formula is C13H27NO. The summed E-state index contributed by atoms with van der Waals surface area (Å²) in [6, 6.07) is 0. The van der Waals surface area contributed by atoms with E-state index in [4.69, 9.17) is 0 Å². The molecule has 90 valence electrons. The van der Waals surface area contributed by atoms with Crippen molar-refractivity contribution in [3.8, 4) is 0 Å². The van der Waals surface area contributed by atoms with Crippen molar-refractivity contribution in [2.45, 2.75) is 58.9 Å². The van der Waals surface area contributed by atoms with Crippen LogP contribution in [0.4, 0.5) is 0 Å². The fourth-order valence-electron chi connectivity index (χ4n) is 1.89. The second-order valence-corrected chi connectivity index (χ2v) is 5.04. The fraction of sp³-hybridized carbons (Fsp3) is 0.923. The third-order valence-electron chi connectivity index (χ3n) is 3.59. The third kappa shape index (κ3) is 3.94. The highest BCUT2D eigenvalue weighted by atomic mass is 16.1. The first-order valence-corrected chi connectivity index (χ1v) is 6.09. The van der Waals surface area contributed by atoms with Gasteiger partial charge in [0.15, 0.2) is 5.78 Å². The monoisotopic (exact) mass is 213 g/mol. The minimum absolute atomic E-state index is 0.276. The maximum atomic E-state index is 12.2. The fourth-order valence-corrected chi connectivity index (χ4v) is 1.89. The molecule has 0 radical (unpaired) electrons. The van der Waals surface area contributed by atoms with Gasteiger partial charge >= 0.3 is 0 Å². The van der Waals surface area contributed by atoms with E-state index in [1.165, 1.54) is 6.42 Å².